The minimum atomic E-state index is -0.303. The number of phenolic OH excluding ortho intramolecular Hbond substituents is 1. The molecule has 1 aromatic heterocycles. The molecule has 3 N–H and O–H groups in total. The van der Waals surface area contributed by atoms with Crippen LogP contribution in [0.2, 0.25) is 5.02 Å². The number of likely N-dealkylation sites (N-methyl/N-ethyl adjacent to an activating group) is 1. The Morgan fingerprint density at radius 2 is 1.94 bits per heavy atom. The summed E-state index contributed by atoms with van der Waals surface area (Å²) in [7, 11) is 2.10. The summed E-state index contributed by atoms with van der Waals surface area (Å²) in [5, 5.41) is 16.8. The number of carbonyl (C=O) groups is 1. The van der Waals surface area contributed by atoms with E-state index in [1.165, 1.54) is 12.3 Å². The van der Waals surface area contributed by atoms with Crippen molar-refractivity contribution in [2.45, 2.75) is 0 Å². The maximum atomic E-state index is 11.6. The summed E-state index contributed by atoms with van der Waals surface area (Å²) in [5.41, 5.74) is 3.31. The highest BCUT2D eigenvalue weighted by Gasteiger charge is 2.17. The van der Waals surface area contributed by atoms with E-state index in [2.05, 4.69) is 44.0 Å². The smallest absolute Gasteiger partial charge is 0.247 e. The van der Waals surface area contributed by atoms with Crippen LogP contribution < -0.4 is 15.5 Å². The van der Waals surface area contributed by atoms with Crippen LogP contribution in [0.3, 0.4) is 0 Å². The predicted molar refractivity (Wildman–Crippen MR) is 132 cm³/mol. The SMILES string of the molecule is C=CC(=O)Nc1cccc(-c2nc(Nc3ccc(N4CCN(C)CC4)c(O)c3)ncc2Cl)c1. The van der Waals surface area contributed by atoms with Gasteiger partial charge in [-0.2, -0.15) is 0 Å². The summed E-state index contributed by atoms with van der Waals surface area (Å²) in [5.74, 6) is 0.231. The first-order chi connectivity index (χ1) is 15.9. The van der Waals surface area contributed by atoms with Crippen LogP contribution in [0.15, 0.2) is 61.3 Å². The second-order valence-corrected chi connectivity index (χ2v) is 8.19. The van der Waals surface area contributed by atoms with Crippen LogP contribution in [0.1, 0.15) is 0 Å². The second kappa shape index (κ2) is 9.89. The van der Waals surface area contributed by atoms with Crippen molar-refractivity contribution in [3.8, 4) is 17.0 Å². The van der Waals surface area contributed by atoms with Crippen LogP contribution >= 0.6 is 11.6 Å². The van der Waals surface area contributed by atoms with Crippen LogP contribution in [0, 0.1) is 0 Å². The number of anilines is 4. The van der Waals surface area contributed by atoms with Crippen molar-refractivity contribution in [3.05, 3.63) is 66.3 Å². The monoisotopic (exact) mass is 464 g/mol. The molecule has 8 nitrogen and oxygen atoms in total. The number of benzene rings is 2. The molecule has 1 aliphatic heterocycles. The molecule has 170 valence electrons. The molecule has 1 fully saturated rings. The summed E-state index contributed by atoms with van der Waals surface area (Å²) in [6.45, 7) is 7.11. The number of piperazine rings is 1. The number of nitrogens with one attached hydrogen (secondary N) is 2. The molecule has 1 amide bonds. The highest BCUT2D eigenvalue weighted by atomic mass is 35.5. The van der Waals surface area contributed by atoms with Gasteiger partial charge in [-0.3, -0.25) is 4.79 Å². The molecule has 0 unspecified atom stereocenters. The average molecular weight is 465 g/mol. The van der Waals surface area contributed by atoms with Crippen molar-refractivity contribution in [1.29, 1.82) is 0 Å². The third-order valence-electron chi connectivity index (χ3n) is 5.41. The van der Waals surface area contributed by atoms with E-state index in [4.69, 9.17) is 11.6 Å². The number of aromatic hydroxyl groups is 1. The Labute approximate surface area is 197 Å². The quantitative estimate of drug-likeness (QED) is 0.472. The first-order valence-electron chi connectivity index (χ1n) is 10.5. The molecule has 9 heteroatoms. The van der Waals surface area contributed by atoms with Gasteiger partial charge >= 0.3 is 0 Å². The third-order valence-corrected chi connectivity index (χ3v) is 5.69. The molecular weight excluding hydrogens is 440 g/mol. The van der Waals surface area contributed by atoms with E-state index in [0.717, 1.165) is 37.4 Å². The molecule has 0 aliphatic carbocycles. The van der Waals surface area contributed by atoms with Crippen LogP contribution in [-0.4, -0.2) is 59.1 Å². The Hall–Kier alpha value is -3.62. The number of phenols is 1. The van der Waals surface area contributed by atoms with E-state index < -0.39 is 0 Å². The largest absolute Gasteiger partial charge is 0.506 e. The van der Waals surface area contributed by atoms with Crippen LogP contribution in [0.5, 0.6) is 5.75 Å². The predicted octanol–water partition coefficient (Wildman–Crippen LogP) is 4.12. The highest BCUT2D eigenvalue weighted by molar-refractivity contribution is 6.33. The fraction of sp³-hybridized carbons (Fsp3) is 0.208. The Kier molecular flexibility index (Phi) is 6.76. The zero-order valence-corrected chi connectivity index (χ0v) is 19.0. The molecule has 0 spiro atoms. The van der Waals surface area contributed by atoms with Crippen LogP contribution in [-0.2, 0) is 4.79 Å². The molecule has 2 heterocycles. The molecule has 4 rings (SSSR count). The van der Waals surface area contributed by atoms with Gasteiger partial charge < -0.3 is 25.5 Å². The van der Waals surface area contributed by atoms with E-state index in [1.807, 2.05) is 18.2 Å². The van der Waals surface area contributed by atoms with Gasteiger partial charge in [0, 0.05) is 49.2 Å². The zero-order chi connectivity index (χ0) is 23.4. The molecule has 0 saturated carbocycles. The van der Waals surface area contributed by atoms with E-state index in [9.17, 15) is 9.90 Å². The number of amides is 1. The number of aromatic nitrogens is 2. The number of carbonyl (C=O) groups excluding carboxylic acids is 1. The Bertz CT molecular complexity index is 1180. The average Bonchev–Trinajstić information content (AvgIpc) is 2.81. The summed E-state index contributed by atoms with van der Waals surface area (Å²) in [6, 6.07) is 12.6. The highest BCUT2D eigenvalue weighted by Crippen LogP contribution is 2.33. The summed E-state index contributed by atoms with van der Waals surface area (Å²) < 4.78 is 0. The molecular formula is C24H25ClN6O2. The zero-order valence-electron chi connectivity index (χ0n) is 18.3. The molecule has 2 aromatic carbocycles. The van der Waals surface area contributed by atoms with Crippen LogP contribution in [0.25, 0.3) is 11.3 Å². The summed E-state index contributed by atoms with van der Waals surface area (Å²) in [6.07, 6.45) is 2.72. The first-order valence-corrected chi connectivity index (χ1v) is 10.9. The summed E-state index contributed by atoms with van der Waals surface area (Å²) in [4.78, 5) is 24.8. The number of halogens is 1. The van der Waals surface area contributed by atoms with Gasteiger partial charge in [-0.05, 0) is 37.4 Å². The Balaban J connectivity index is 1.54. The van der Waals surface area contributed by atoms with Crippen molar-refractivity contribution >= 4 is 40.5 Å². The molecule has 0 bridgehead atoms. The second-order valence-electron chi connectivity index (χ2n) is 7.78. The minimum absolute atomic E-state index is 0.199. The molecule has 0 atom stereocenters. The number of rotatable bonds is 6. The Morgan fingerprint density at radius 3 is 2.67 bits per heavy atom. The Morgan fingerprint density at radius 1 is 1.15 bits per heavy atom. The lowest BCUT2D eigenvalue weighted by Gasteiger charge is -2.34. The topological polar surface area (TPSA) is 93.6 Å². The van der Waals surface area contributed by atoms with Gasteiger partial charge in [0.25, 0.3) is 0 Å². The van der Waals surface area contributed by atoms with E-state index in [0.29, 0.717) is 28.0 Å². The van der Waals surface area contributed by atoms with Gasteiger partial charge in [-0.1, -0.05) is 30.3 Å². The molecule has 0 radical (unpaired) electrons. The third kappa shape index (κ3) is 5.42. The van der Waals surface area contributed by atoms with Crippen molar-refractivity contribution < 1.29 is 9.90 Å². The van der Waals surface area contributed by atoms with Gasteiger partial charge in [0.2, 0.25) is 11.9 Å². The van der Waals surface area contributed by atoms with Gasteiger partial charge in [0.05, 0.1) is 22.6 Å². The normalized spacial score (nSPS) is 14.1. The maximum absolute atomic E-state index is 11.6. The van der Waals surface area contributed by atoms with Gasteiger partial charge in [-0.25, -0.2) is 9.97 Å². The molecule has 1 aliphatic rings. The van der Waals surface area contributed by atoms with E-state index >= 15 is 0 Å². The molecule has 1 saturated heterocycles. The van der Waals surface area contributed by atoms with Crippen molar-refractivity contribution in [3.63, 3.8) is 0 Å². The first kappa shape index (κ1) is 22.6. The van der Waals surface area contributed by atoms with Gasteiger partial charge in [0.1, 0.15) is 5.75 Å². The van der Waals surface area contributed by atoms with Crippen molar-refractivity contribution in [1.82, 2.24) is 14.9 Å². The van der Waals surface area contributed by atoms with Crippen molar-refractivity contribution in [2.24, 2.45) is 0 Å². The standard InChI is InChI=1S/C24H25ClN6O2/c1-3-22(33)27-17-6-4-5-16(13-17)23-19(25)15-26-24(29-23)28-18-7-8-20(21(32)14-18)31-11-9-30(2)10-12-31/h3-8,13-15,32H,1,9-12H2,2H3,(H,27,33)(H,26,28,29). The maximum Gasteiger partial charge on any atom is 0.247 e. The van der Waals surface area contributed by atoms with Crippen molar-refractivity contribution in [2.75, 3.05) is 48.8 Å². The fourth-order valence-electron chi connectivity index (χ4n) is 3.61. The molecule has 33 heavy (non-hydrogen) atoms. The van der Waals surface area contributed by atoms with Gasteiger partial charge in [-0.15, -0.1) is 0 Å². The molecule has 3 aromatic rings. The summed E-state index contributed by atoms with van der Waals surface area (Å²) >= 11 is 6.36. The minimum Gasteiger partial charge on any atom is -0.506 e. The lowest BCUT2D eigenvalue weighted by atomic mass is 10.1. The number of nitrogens with zero attached hydrogens (tertiary/aromatic N) is 4. The van der Waals surface area contributed by atoms with E-state index in [-0.39, 0.29) is 11.7 Å². The number of hydrogen-bond donors (Lipinski definition) is 3. The lowest BCUT2D eigenvalue weighted by molar-refractivity contribution is -0.111. The van der Waals surface area contributed by atoms with E-state index in [1.54, 1.807) is 24.3 Å². The lowest BCUT2D eigenvalue weighted by Crippen LogP contribution is -2.44. The fourth-order valence-corrected chi connectivity index (χ4v) is 3.81. The van der Waals surface area contributed by atoms with Crippen LogP contribution in [0.4, 0.5) is 23.0 Å². The van der Waals surface area contributed by atoms with Gasteiger partial charge in [0.15, 0.2) is 0 Å². The number of hydrogen-bond acceptors (Lipinski definition) is 7.